The second-order valence-electron chi connectivity index (χ2n) is 5.96. The van der Waals surface area contributed by atoms with E-state index >= 15 is 0 Å². The van der Waals surface area contributed by atoms with Crippen LogP contribution in [0.25, 0.3) is 0 Å². The van der Waals surface area contributed by atoms with Gasteiger partial charge in [-0.3, -0.25) is 0 Å². The molecule has 3 nitrogen and oxygen atoms in total. The summed E-state index contributed by atoms with van der Waals surface area (Å²) in [6, 6.07) is 16.2. The molecule has 2 unspecified atom stereocenters. The molecule has 1 heterocycles. The van der Waals surface area contributed by atoms with Crippen LogP contribution in [0.5, 0.6) is 11.5 Å². The number of hydrogen-bond donors (Lipinski definition) is 1. The van der Waals surface area contributed by atoms with Crippen molar-refractivity contribution >= 4 is 0 Å². The van der Waals surface area contributed by atoms with E-state index in [1.165, 1.54) is 11.1 Å². The summed E-state index contributed by atoms with van der Waals surface area (Å²) in [5.74, 6) is 1.78. The number of hydrogen-bond acceptors (Lipinski definition) is 3. The van der Waals surface area contributed by atoms with Gasteiger partial charge in [-0.25, -0.2) is 0 Å². The molecule has 22 heavy (non-hydrogen) atoms. The minimum absolute atomic E-state index is 0.190. The van der Waals surface area contributed by atoms with Gasteiger partial charge in [0.15, 0.2) is 11.5 Å². The smallest absolute Gasteiger partial charge is 0.160 e. The molecular weight excluding hydrogens is 276 g/mol. The molecule has 1 saturated heterocycles. The number of ether oxygens (including phenoxy) is 2. The Labute approximate surface area is 131 Å². The third-order valence-electron chi connectivity index (χ3n) is 4.41. The zero-order valence-electron chi connectivity index (χ0n) is 12.9. The summed E-state index contributed by atoms with van der Waals surface area (Å²) in [7, 11) is 1.58. The Hall–Kier alpha value is -2.00. The van der Waals surface area contributed by atoms with E-state index in [9.17, 15) is 5.11 Å². The van der Waals surface area contributed by atoms with Gasteiger partial charge in [-0.1, -0.05) is 36.4 Å². The van der Waals surface area contributed by atoms with Gasteiger partial charge in [0.25, 0.3) is 0 Å². The van der Waals surface area contributed by atoms with Gasteiger partial charge in [0, 0.05) is 0 Å². The third kappa shape index (κ3) is 3.42. The fourth-order valence-corrected chi connectivity index (χ4v) is 3.16. The molecular formula is C19H22O3. The molecule has 3 rings (SSSR count). The highest BCUT2D eigenvalue weighted by Crippen LogP contribution is 2.31. The van der Waals surface area contributed by atoms with Crippen molar-refractivity contribution in [1.82, 2.24) is 0 Å². The lowest BCUT2D eigenvalue weighted by atomic mass is 9.85. The molecule has 1 N–H and O–H groups in total. The molecule has 0 aromatic heterocycles. The van der Waals surface area contributed by atoms with Gasteiger partial charge in [0.2, 0.25) is 0 Å². The lowest BCUT2D eigenvalue weighted by molar-refractivity contribution is 0.180. The monoisotopic (exact) mass is 298 g/mol. The summed E-state index contributed by atoms with van der Waals surface area (Å²) in [6.07, 6.45) is 2.01. The first-order valence-electron chi connectivity index (χ1n) is 7.74. The van der Waals surface area contributed by atoms with Crippen LogP contribution in [0.4, 0.5) is 0 Å². The van der Waals surface area contributed by atoms with Gasteiger partial charge in [-0.2, -0.15) is 0 Å². The first-order valence-corrected chi connectivity index (χ1v) is 7.74. The summed E-state index contributed by atoms with van der Waals surface area (Å²) in [5, 5.41) is 9.69. The van der Waals surface area contributed by atoms with Crippen LogP contribution in [0, 0.1) is 11.8 Å². The average molecular weight is 298 g/mol. The maximum Gasteiger partial charge on any atom is 0.160 e. The normalized spacial score (nSPS) is 21.0. The molecule has 0 amide bonds. The number of benzene rings is 2. The Bertz CT molecular complexity index is 609. The predicted octanol–water partition coefficient (Wildman–Crippen LogP) is 3.45. The second-order valence-corrected chi connectivity index (χ2v) is 5.96. The van der Waals surface area contributed by atoms with Crippen LogP contribution in [0.2, 0.25) is 0 Å². The van der Waals surface area contributed by atoms with Gasteiger partial charge in [-0.05, 0) is 47.9 Å². The highest BCUT2D eigenvalue weighted by atomic mass is 16.5. The second kappa shape index (κ2) is 6.84. The van der Waals surface area contributed by atoms with E-state index in [0.717, 1.165) is 26.1 Å². The van der Waals surface area contributed by atoms with E-state index < -0.39 is 0 Å². The summed E-state index contributed by atoms with van der Waals surface area (Å²) in [6.45, 7) is 1.63. The summed E-state index contributed by atoms with van der Waals surface area (Å²) in [5.41, 5.74) is 2.55. The standard InChI is InChI=1S/C19H22O3/c1-21-19-11-15(7-8-18(19)20)10-17-13-22-12-16(17)9-14-5-3-2-4-6-14/h2-8,11,16-17,20H,9-10,12-13H2,1H3. The molecule has 0 saturated carbocycles. The number of aromatic hydroxyl groups is 1. The molecule has 0 bridgehead atoms. The third-order valence-corrected chi connectivity index (χ3v) is 4.41. The van der Waals surface area contributed by atoms with Gasteiger partial charge in [0.1, 0.15) is 0 Å². The van der Waals surface area contributed by atoms with E-state index in [4.69, 9.17) is 9.47 Å². The topological polar surface area (TPSA) is 38.7 Å². The van der Waals surface area contributed by atoms with Crippen molar-refractivity contribution < 1.29 is 14.6 Å². The summed E-state index contributed by atoms with van der Waals surface area (Å²) >= 11 is 0. The van der Waals surface area contributed by atoms with Crippen molar-refractivity contribution in [3.05, 3.63) is 59.7 Å². The molecule has 2 aromatic carbocycles. The van der Waals surface area contributed by atoms with Gasteiger partial charge >= 0.3 is 0 Å². The van der Waals surface area contributed by atoms with E-state index in [1.54, 1.807) is 13.2 Å². The fraction of sp³-hybridized carbons (Fsp3) is 0.368. The van der Waals surface area contributed by atoms with Crippen molar-refractivity contribution in [1.29, 1.82) is 0 Å². The minimum atomic E-state index is 0.190. The SMILES string of the molecule is COc1cc(CC2COCC2Cc2ccccc2)ccc1O. The Kier molecular flexibility index (Phi) is 4.64. The van der Waals surface area contributed by atoms with Gasteiger partial charge in [-0.15, -0.1) is 0 Å². The maximum atomic E-state index is 9.69. The van der Waals surface area contributed by atoms with E-state index in [0.29, 0.717) is 17.6 Å². The van der Waals surface area contributed by atoms with E-state index in [2.05, 4.69) is 30.3 Å². The van der Waals surface area contributed by atoms with Crippen molar-refractivity contribution in [2.75, 3.05) is 20.3 Å². The first kappa shape index (κ1) is 14.9. The molecule has 1 aliphatic heterocycles. The van der Waals surface area contributed by atoms with Crippen LogP contribution in [0.1, 0.15) is 11.1 Å². The van der Waals surface area contributed by atoms with Crippen LogP contribution < -0.4 is 4.74 Å². The van der Waals surface area contributed by atoms with Gasteiger partial charge in [0.05, 0.1) is 20.3 Å². The molecule has 116 valence electrons. The minimum Gasteiger partial charge on any atom is -0.504 e. The first-order chi connectivity index (χ1) is 10.8. The molecule has 1 fully saturated rings. The molecule has 3 heteroatoms. The molecule has 2 aromatic rings. The summed E-state index contributed by atoms with van der Waals surface area (Å²) < 4.78 is 10.9. The summed E-state index contributed by atoms with van der Waals surface area (Å²) in [4.78, 5) is 0. The number of phenols is 1. The Morgan fingerprint density at radius 3 is 2.36 bits per heavy atom. The molecule has 0 aliphatic carbocycles. The van der Waals surface area contributed by atoms with Crippen LogP contribution >= 0.6 is 0 Å². The van der Waals surface area contributed by atoms with Crippen LogP contribution in [-0.4, -0.2) is 25.4 Å². The van der Waals surface area contributed by atoms with Crippen molar-refractivity contribution in [3.63, 3.8) is 0 Å². The van der Waals surface area contributed by atoms with Crippen molar-refractivity contribution in [3.8, 4) is 11.5 Å². The van der Waals surface area contributed by atoms with E-state index in [1.807, 2.05) is 12.1 Å². The Morgan fingerprint density at radius 1 is 1.00 bits per heavy atom. The molecule has 2 atom stereocenters. The molecule has 0 radical (unpaired) electrons. The number of phenolic OH excluding ortho intramolecular Hbond substituents is 1. The Morgan fingerprint density at radius 2 is 1.68 bits per heavy atom. The van der Waals surface area contributed by atoms with Crippen LogP contribution in [0.15, 0.2) is 48.5 Å². The number of rotatable bonds is 5. The van der Waals surface area contributed by atoms with Crippen LogP contribution in [-0.2, 0) is 17.6 Å². The lowest BCUT2D eigenvalue weighted by Crippen LogP contribution is -2.17. The van der Waals surface area contributed by atoms with Crippen molar-refractivity contribution in [2.45, 2.75) is 12.8 Å². The van der Waals surface area contributed by atoms with E-state index in [-0.39, 0.29) is 5.75 Å². The predicted molar refractivity (Wildman–Crippen MR) is 86.3 cm³/mol. The Balaban J connectivity index is 1.68. The molecule has 1 aliphatic rings. The maximum absolute atomic E-state index is 9.69. The highest BCUT2D eigenvalue weighted by Gasteiger charge is 2.28. The fourth-order valence-electron chi connectivity index (χ4n) is 3.16. The lowest BCUT2D eigenvalue weighted by Gasteiger charge is -2.18. The average Bonchev–Trinajstić information content (AvgIpc) is 2.97. The van der Waals surface area contributed by atoms with Crippen LogP contribution in [0.3, 0.4) is 0 Å². The largest absolute Gasteiger partial charge is 0.504 e. The quantitative estimate of drug-likeness (QED) is 0.919. The molecule has 0 spiro atoms. The number of methoxy groups -OCH3 is 1. The van der Waals surface area contributed by atoms with Gasteiger partial charge < -0.3 is 14.6 Å². The zero-order chi connectivity index (χ0) is 15.4. The highest BCUT2D eigenvalue weighted by molar-refractivity contribution is 5.41. The van der Waals surface area contributed by atoms with Crippen molar-refractivity contribution in [2.24, 2.45) is 11.8 Å². The zero-order valence-corrected chi connectivity index (χ0v) is 12.9.